The topological polar surface area (TPSA) is 114 Å². The normalized spacial score (nSPS) is 10.5. The molecule has 0 bridgehead atoms. The van der Waals surface area contributed by atoms with E-state index in [2.05, 4.69) is 20.9 Å². The van der Waals surface area contributed by atoms with Crippen LogP contribution < -0.4 is 21.5 Å². The average molecular weight is 394 g/mol. The highest BCUT2D eigenvalue weighted by Gasteiger charge is 2.16. The van der Waals surface area contributed by atoms with E-state index in [1.807, 2.05) is 32.2 Å². The van der Waals surface area contributed by atoms with Crippen LogP contribution in [0.4, 0.5) is 28.6 Å². The molecule has 0 amide bonds. The van der Waals surface area contributed by atoms with Gasteiger partial charge in [0.1, 0.15) is 5.69 Å². The molecule has 3 rings (SSSR count). The lowest BCUT2D eigenvalue weighted by Crippen LogP contribution is -2.21. The number of rotatable bonds is 6. The summed E-state index contributed by atoms with van der Waals surface area (Å²) in [6.45, 7) is 1.97. The van der Waals surface area contributed by atoms with Crippen molar-refractivity contribution in [1.82, 2.24) is 9.55 Å². The van der Waals surface area contributed by atoms with E-state index in [9.17, 15) is 14.9 Å². The first-order valence-corrected chi connectivity index (χ1v) is 8.94. The van der Waals surface area contributed by atoms with Gasteiger partial charge >= 0.3 is 0 Å². The molecule has 0 aliphatic heterocycles. The predicted molar refractivity (Wildman–Crippen MR) is 115 cm³/mol. The number of nitro benzene ring substituents is 1. The Morgan fingerprint density at radius 2 is 1.83 bits per heavy atom. The lowest BCUT2D eigenvalue weighted by Gasteiger charge is -2.13. The van der Waals surface area contributed by atoms with E-state index in [4.69, 9.17) is 0 Å². The zero-order valence-corrected chi connectivity index (χ0v) is 16.6. The molecule has 3 aromatic rings. The largest absolute Gasteiger partial charge is 0.388 e. The highest BCUT2D eigenvalue weighted by atomic mass is 16.6. The Kier molecular flexibility index (Phi) is 5.49. The van der Waals surface area contributed by atoms with Gasteiger partial charge in [0, 0.05) is 50.3 Å². The monoisotopic (exact) mass is 394 g/mol. The van der Waals surface area contributed by atoms with Gasteiger partial charge in [0.2, 0.25) is 0 Å². The highest BCUT2D eigenvalue weighted by molar-refractivity contribution is 5.73. The summed E-state index contributed by atoms with van der Waals surface area (Å²) in [6.07, 6.45) is 1.67. The van der Waals surface area contributed by atoms with E-state index in [-0.39, 0.29) is 17.1 Å². The minimum atomic E-state index is -0.481. The van der Waals surface area contributed by atoms with Crippen LogP contribution in [0.25, 0.3) is 11.3 Å². The highest BCUT2D eigenvalue weighted by Crippen LogP contribution is 2.30. The minimum absolute atomic E-state index is 0.0887. The summed E-state index contributed by atoms with van der Waals surface area (Å²) in [5, 5.41) is 20.1. The number of aromatic nitrogens is 2. The minimum Gasteiger partial charge on any atom is -0.388 e. The molecule has 2 aromatic carbocycles. The third kappa shape index (κ3) is 3.88. The van der Waals surface area contributed by atoms with Crippen molar-refractivity contribution in [3.05, 3.63) is 68.6 Å². The van der Waals surface area contributed by atoms with Gasteiger partial charge in [0.15, 0.2) is 5.82 Å². The van der Waals surface area contributed by atoms with Crippen LogP contribution in [-0.4, -0.2) is 28.6 Å². The molecule has 0 unspecified atom stereocenters. The Morgan fingerprint density at radius 1 is 1.10 bits per heavy atom. The number of nitrogens with zero attached hydrogens (tertiary/aromatic N) is 3. The summed E-state index contributed by atoms with van der Waals surface area (Å²) in [6, 6.07) is 10.4. The van der Waals surface area contributed by atoms with Crippen molar-refractivity contribution in [2.45, 2.75) is 6.92 Å². The summed E-state index contributed by atoms with van der Waals surface area (Å²) in [5.41, 5.74) is 3.82. The Hall–Kier alpha value is -3.88. The number of hydrogen-bond donors (Lipinski definition) is 3. The van der Waals surface area contributed by atoms with Gasteiger partial charge in [-0.1, -0.05) is 12.1 Å². The maximum atomic E-state index is 12.6. The number of nitrogens with one attached hydrogen (secondary N) is 3. The Labute approximate surface area is 167 Å². The third-order valence-corrected chi connectivity index (χ3v) is 4.68. The Balaban J connectivity index is 2.07. The van der Waals surface area contributed by atoms with Crippen LogP contribution in [0.3, 0.4) is 0 Å². The van der Waals surface area contributed by atoms with Gasteiger partial charge in [-0.2, -0.15) is 0 Å². The molecule has 29 heavy (non-hydrogen) atoms. The molecule has 0 saturated heterocycles. The fourth-order valence-electron chi connectivity index (χ4n) is 3.11. The quantitative estimate of drug-likeness (QED) is 0.433. The molecule has 0 aliphatic rings. The van der Waals surface area contributed by atoms with Crippen molar-refractivity contribution < 1.29 is 4.92 Å². The molecule has 3 N–H and O–H groups in total. The number of nitro groups is 1. The van der Waals surface area contributed by atoms with Gasteiger partial charge in [-0.15, -0.1) is 0 Å². The van der Waals surface area contributed by atoms with E-state index < -0.39 is 4.92 Å². The molecule has 0 radical (unpaired) electrons. The van der Waals surface area contributed by atoms with Crippen LogP contribution in [-0.2, 0) is 7.05 Å². The van der Waals surface area contributed by atoms with Crippen molar-refractivity contribution in [3.63, 3.8) is 0 Å². The van der Waals surface area contributed by atoms with Gasteiger partial charge in [0.25, 0.3) is 11.2 Å². The summed E-state index contributed by atoms with van der Waals surface area (Å²) >= 11 is 0. The standard InChI is InChI=1S/C20H22N6O3/c1-12-14(6-5-7-15(12)21-2)17-11-25(4)20(27)19(24-17)23-13-8-9-16(22-3)18(10-13)26(28)29/h5-11,21-22H,1-4H3,(H,23,24). The van der Waals surface area contributed by atoms with E-state index in [1.165, 1.54) is 10.6 Å². The molecular formula is C20H22N6O3. The second-order valence-electron chi connectivity index (χ2n) is 6.48. The van der Waals surface area contributed by atoms with Gasteiger partial charge in [0.05, 0.1) is 10.6 Å². The molecule has 150 valence electrons. The van der Waals surface area contributed by atoms with Crippen molar-refractivity contribution in [2.24, 2.45) is 7.05 Å². The second-order valence-corrected chi connectivity index (χ2v) is 6.48. The van der Waals surface area contributed by atoms with Crippen molar-refractivity contribution in [3.8, 4) is 11.3 Å². The van der Waals surface area contributed by atoms with Crippen LogP contribution in [0, 0.1) is 17.0 Å². The molecule has 1 heterocycles. The average Bonchev–Trinajstić information content (AvgIpc) is 2.71. The van der Waals surface area contributed by atoms with E-state index in [0.29, 0.717) is 17.1 Å². The number of anilines is 4. The summed E-state index contributed by atoms with van der Waals surface area (Å²) in [7, 11) is 5.09. The number of aryl methyl sites for hydroxylation is 1. The first-order valence-electron chi connectivity index (χ1n) is 8.94. The number of hydrogen-bond acceptors (Lipinski definition) is 7. The maximum Gasteiger partial charge on any atom is 0.294 e. The van der Waals surface area contributed by atoms with Crippen LogP contribution in [0.15, 0.2) is 47.4 Å². The van der Waals surface area contributed by atoms with Crippen LogP contribution in [0.1, 0.15) is 5.56 Å². The molecular weight excluding hydrogens is 372 g/mol. The third-order valence-electron chi connectivity index (χ3n) is 4.68. The predicted octanol–water partition coefficient (Wildman–Crippen LogP) is 3.49. The lowest BCUT2D eigenvalue weighted by molar-refractivity contribution is -0.383. The zero-order chi connectivity index (χ0) is 21.1. The number of benzene rings is 2. The molecule has 0 spiro atoms. The SMILES string of the molecule is CNc1ccc(Nc2nc(-c3cccc(NC)c3C)cn(C)c2=O)cc1[N+](=O)[O-]. The van der Waals surface area contributed by atoms with Crippen LogP contribution in [0.5, 0.6) is 0 Å². The molecule has 9 heteroatoms. The van der Waals surface area contributed by atoms with Gasteiger partial charge < -0.3 is 20.5 Å². The molecule has 0 aliphatic carbocycles. The van der Waals surface area contributed by atoms with Crippen molar-refractivity contribution >= 4 is 28.6 Å². The molecule has 0 fully saturated rings. The fourth-order valence-corrected chi connectivity index (χ4v) is 3.11. The van der Waals surface area contributed by atoms with Gasteiger partial charge in [-0.3, -0.25) is 14.9 Å². The van der Waals surface area contributed by atoms with Crippen molar-refractivity contribution in [2.75, 3.05) is 30.0 Å². The zero-order valence-electron chi connectivity index (χ0n) is 16.6. The smallest absolute Gasteiger partial charge is 0.294 e. The Morgan fingerprint density at radius 3 is 2.48 bits per heavy atom. The summed E-state index contributed by atoms with van der Waals surface area (Å²) < 4.78 is 1.44. The lowest BCUT2D eigenvalue weighted by atomic mass is 10.0. The first kappa shape index (κ1) is 19.9. The summed E-state index contributed by atoms with van der Waals surface area (Å²) in [4.78, 5) is 27.9. The molecule has 1 aromatic heterocycles. The first-order chi connectivity index (χ1) is 13.8. The molecule has 0 atom stereocenters. The molecule has 0 saturated carbocycles. The summed E-state index contributed by atoms with van der Waals surface area (Å²) in [5.74, 6) is 0.0887. The second kappa shape index (κ2) is 8.01. The Bertz CT molecular complexity index is 1140. The van der Waals surface area contributed by atoms with E-state index >= 15 is 0 Å². The van der Waals surface area contributed by atoms with Crippen LogP contribution in [0.2, 0.25) is 0 Å². The van der Waals surface area contributed by atoms with E-state index in [0.717, 1.165) is 16.8 Å². The fraction of sp³-hybridized carbons (Fsp3) is 0.200. The van der Waals surface area contributed by atoms with Crippen molar-refractivity contribution in [1.29, 1.82) is 0 Å². The maximum absolute atomic E-state index is 12.6. The van der Waals surface area contributed by atoms with Gasteiger partial charge in [-0.05, 0) is 30.7 Å². The van der Waals surface area contributed by atoms with Gasteiger partial charge in [-0.25, -0.2) is 4.98 Å². The van der Waals surface area contributed by atoms with Crippen LogP contribution >= 0.6 is 0 Å². The van der Waals surface area contributed by atoms with E-state index in [1.54, 1.807) is 32.4 Å². The molecule has 9 nitrogen and oxygen atoms in total.